The highest BCUT2D eigenvalue weighted by molar-refractivity contribution is 5.54. The highest BCUT2D eigenvalue weighted by Crippen LogP contribution is 2.39. The fourth-order valence-electron chi connectivity index (χ4n) is 1.39. The smallest absolute Gasteiger partial charge is 0.166 e. The van der Waals surface area contributed by atoms with Crippen molar-refractivity contribution < 1.29 is 14.6 Å². The maximum Gasteiger partial charge on any atom is 0.166 e. The van der Waals surface area contributed by atoms with Gasteiger partial charge in [-0.1, -0.05) is 0 Å². The van der Waals surface area contributed by atoms with Crippen LogP contribution < -0.4 is 20.9 Å². The Bertz CT molecular complexity index is 342. The van der Waals surface area contributed by atoms with Crippen molar-refractivity contribution in [2.24, 2.45) is 11.5 Å². The van der Waals surface area contributed by atoms with Gasteiger partial charge in [0.25, 0.3) is 0 Å². The lowest BCUT2D eigenvalue weighted by atomic mass is 10.0. The zero-order valence-electron chi connectivity index (χ0n) is 8.86. The van der Waals surface area contributed by atoms with Crippen LogP contribution in [0.4, 0.5) is 0 Å². The largest absolute Gasteiger partial charge is 0.504 e. The SMILES string of the molecule is COc1ccc(OC)c([C@@H](N)CN)c1O. The maximum atomic E-state index is 9.86. The molecule has 1 atom stereocenters. The molecule has 5 heteroatoms. The Morgan fingerprint density at radius 1 is 1.27 bits per heavy atom. The minimum Gasteiger partial charge on any atom is -0.504 e. The van der Waals surface area contributed by atoms with Gasteiger partial charge in [0, 0.05) is 12.6 Å². The zero-order valence-corrected chi connectivity index (χ0v) is 8.86. The van der Waals surface area contributed by atoms with E-state index in [9.17, 15) is 5.11 Å². The van der Waals surface area contributed by atoms with E-state index in [1.807, 2.05) is 0 Å². The van der Waals surface area contributed by atoms with Gasteiger partial charge in [-0.25, -0.2) is 0 Å². The van der Waals surface area contributed by atoms with Crippen LogP contribution in [-0.4, -0.2) is 25.9 Å². The normalized spacial score (nSPS) is 12.3. The molecule has 0 heterocycles. The number of rotatable bonds is 4. The first-order valence-corrected chi connectivity index (χ1v) is 4.55. The second-order valence-corrected chi connectivity index (χ2v) is 3.07. The lowest BCUT2D eigenvalue weighted by Crippen LogP contribution is -2.21. The zero-order chi connectivity index (χ0) is 11.4. The lowest BCUT2D eigenvalue weighted by Gasteiger charge is -2.17. The van der Waals surface area contributed by atoms with E-state index in [0.29, 0.717) is 17.1 Å². The second-order valence-electron chi connectivity index (χ2n) is 3.07. The maximum absolute atomic E-state index is 9.86. The first-order valence-electron chi connectivity index (χ1n) is 4.55. The van der Waals surface area contributed by atoms with Crippen LogP contribution in [0.1, 0.15) is 11.6 Å². The van der Waals surface area contributed by atoms with Gasteiger partial charge in [0.1, 0.15) is 5.75 Å². The molecule has 0 saturated carbocycles. The Balaban J connectivity index is 3.29. The third-order valence-corrected chi connectivity index (χ3v) is 2.20. The number of hydrogen-bond donors (Lipinski definition) is 3. The van der Waals surface area contributed by atoms with E-state index in [4.69, 9.17) is 20.9 Å². The summed E-state index contributed by atoms with van der Waals surface area (Å²) >= 11 is 0. The Hall–Kier alpha value is -1.46. The molecule has 0 aromatic heterocycles. The van der Waals surface area contributed by atoms with E-state index >= 15 is 0 Å². The molecular formula is C10H16N2O3. The molecule has 0 radical (unpaired) electrons. The van der Waals surface area contributed by atoms with Crippen molar-refractivity contribution in [2.45, 2.75) is 6.04 Å². The molecule has 84 valence electrons. The lowest BCUT2D eigenvalue weighted by molar-refractivity contribution is 0.356. The van der Waals surface area contributed by atoms with Crippen LogP contribution in [0.2, 0.25) is 0 Å². The van der Waals surface area contributed by atoms with Crippen molar-refractivity contribution in [1.29, 1.82) is 0 Å². The second kappa shape index (κ2) is 4.86. The van der Waals surface area contributed by atoms with Gasteiger partial charge in [-0.2, -0.15) is 0 Å². The number of benzene rings is 1. The van der Waals surface area contributed by atoms with Gasteiger partial charge in [0.15, 0.2) is 11.5 Å². The van der Waals surface area contributed by atoms with Gasteiger partial charge >= 0.3 is 0 Å². The average Bonchev–Trinajstić information content (AvgIpc) is 2.27. The minimum atomic E-state index is -0.477. The number of nitrogens with two attached hydrogens (primary N) is 2. The van der Waals surface area contributed by atoms with Gasteiger partial charge in [-0.05, 0) is 12.1 Å². The number of hydrogen-bond acceptors (Lipinski definition) is 5. The average molecular weight is 212 g/mol. The van der Waals surface area contributed by atoms with Crippen molar-refractivity contribution in [1.82, 2.24) is 0 Å². The molecule has 1 aromatic rings. The van der Waals surface area contributed by atoms with Crippen LogP contribution in [0.15, 0.2) is 12.1 Å². The summed E-state index contributed by atoms with van der Waals surface area (Å²) in [7, 11) is 2.98. The molecule has 15 heavy (non-hydrogen) atoms. The van der Waals surface area contributed by atoms with Crippen LogP contribution in [-0.2, 0) is 0 Å². The van der Waals surface area contributed by atoms with Crippen LogP contribution in [0, 0.1) is 0 Å². The molecule has 1 rings (SSSR count). The molecule has 5 N–H and O–H groups in total. The Morgan fingerprint density at radius 3 is 2.27 bits per heavy atom. The molecule has 0 aliphatic rings. The van der Waals surface area contributed by atoms with E-state index in [1.165, 1.54) is 14.2 Å². The highest BCUT2D eigenvalue weighted by atomic mass is 16.5. The first-order chi connectivity index (χ1) is 7.15. The fourth-order valence-corrected chi connectivity index (χ4v) is 1.39. The standard InChI is InChI=1S/C10H16N2O3/c1-14-7-3-4-8(15-2)10(13)9(7)6(12)5-11/h3-4,6,13H,5,11-12H2,1-2H3/t6-/m0/s1. The van der Waals surface area contributed by atoms with E-state index < -0.39 is 6.04 Å². The highest BCUT2D eigenvalue weighted by Gasteiger charge is 2.18. The van der Waals surface area contributed by atoms with E-state index in [2.05, 4.69) is 0 Å². The molecule has 1 aromatic carbocycles. The Labute approximate surface area is 88.6 Å². The van der Waals surface area contributed by atoms with Crippen LogP contribution in [0.3, 0.4) is 0 Å². The summed E-state index contributed by atoms with van der Waals surface area (Å²) in [6.45, 7) is 0.219. The van der Waals surface area contributed by atoms with Gasteiger partial charge in [0.2, 0.25) is 0 Å². The van der Waals surface area contributed by atoms with Crippen LogP contribution in [0.5, 0.6) is 17.2 Å². The summed E-state index contributed by atoms with van der Waals surface area (Å²) in [6, 6.07) is 2.82. The Kier molecular flexibility index (Phi) is 3.76. The van der Waals surface area contributed by atoms with Crippen molar-refractivity contribution in [2.75, 3.05) is 20.8 Å². The monoisotopic (exact) mass is 212 g/mol. The molecule has 0 aliphatic heterocycles. The van der Waals surface area contributed by atoms with Crippen LogP contribution in [0.25, 0.3) is 0 Å². The van der Waals surface area contributed by atoms with Crippen LogP contribution >= 0.6 is 0 Å². The van der Waals surface area contributed by atoms with Crippen molar-refractivity contribution in [3.63, 3.8) is 0 Å². The van der Waals surface area contributed by atoms with Crippen molar-refractivity contribution in [3.05, 3.63) is 17.7 Å². The summed E-state index contributed by atoms with van der Waals surface area (Å²) in [5.41, 5.74) is 11.7. The van der Waals surface area contributed by atoms with Gasteiger partial charge in [-0.3, -0.25) is 0 Å². The summed E-state index contributed by atoms with van der Waals surface area (Å²) < 4.78 is 10.1. The summed E-state index contributed by atoms with van der Waals surface area (Å²) in [5.74, 6) is 0.843. The van der Waals surface area contributed by atoms with Gasteiger partial charge < -0.3 is 26.0 Å². The van der Waals surface area contributed by atoms with Gasteiger partial charge in [-0.15, -0.1) is 0 Å². The summed E-state index contributed by atoms with van der Waals surface area (Å²) in [4.78, 5) is 0. The fraction of sp³-hybridized carbons (Fsp3) is 0.400. The molecular weight excluding hydrogens is 196 g/mol. The number of phenols is 1. The number of methoxy groups -OCH3 is 2. The molecule has 0 bridgehead atoms. The third kappa shape index (κ3) is 2.14. The predicted octanol–water partition coefficient (Wildman–Crippen LogP) is 0.368. The number of ether oxygens (including phenoxy) is 2. The van der Waals surface area contributed by atoms with Gasteiger partial charge in [0.05, 0.1) is 19.8 Å². The number of aromatic hydroxyl groups is 1. The number of phenolic OH excluding ortho intramolecular Hbond substituents is 1. The predicted molar refractivity (Wildman–Crippen MR) is 57.2 cm³/mol. The minimum absolute atomic E-state index is 0.0187. The molecule has 0 saturated heterocycles. The first kappa shape index (κ1) is 11.6. The summed E-state index contributed by atoms with van der Waals surface area (Å²) in [6.07, 6.45) is 0. The topological polar surface area (TPSA) is 90.7 Å². The molecule has 5 nitrogen and oxygen atoms in total. The van der Waals surface area contributed by atoms with E-state index in [1.54, 1.807) is 12.1 Å². The Morgan fingerprint density at radius 2 is 1.80 bits per heavy atom. The summed E-state index contributed by atoms with van der Waals surface area (Å²) in [5, 5.41) is 9.86. The van der Waals surface area contributed by atoms with Crippen molar-refractivity contribution >= 4 is 0 Å². The third-order valence-electron chi connectivity index (χ3n) is 2.20. The molecule has 0 unspecified atom stereocenters. The quantitative estimate of drug-likeness (QED) is 0.670. The molecule has 0 fully saturated rings. The van der Waals surface area contributed by atoms with E-state index in [-0.39, 0.29) is 12.3 Å². The molecule has 0 amide bonds. The van der Waals surface area contributed by atoms with E-state index in [0.717, 1.165) is 0 Å². The van der Waals surface area contributed by atoms with Crippen molar-refractivity contribution in [3.8, 4) is 17.2 Å². The molecule has 0 spiro atoms. The molecule has 0 aliphatic carbocycles.